The van der Waals surface area contributed by atoms with Crippen LogP contribution in [0, 0.1) is 35.1 Å². The van der Waals surface area contributed by atoms with Crippen molar-refractivity contribution < 1.29 is 0 Å². The number of hydrogen-bond donors (Lipinski definition) is 0. The summed E-state index contributed by atoms with van der Waals surface area (Å²) in [6.07, 6.45) is 0. The van der Waals surface area contributed by atoms with Crippen LogP contribution in [0.15, 0.2) is 156 Å². The van der Waals surface area contributed by atoms with E-state index in [2.05, 4.69) is 216 Å². The summed E-state index contributed by atoms with van der Waals surface area (Å²) in [6.45, 7) is 20.0. The lowest BCUT2D eigenvalue weighted by atomic mass is 9.97. The minimum absolute atomic E-state index is 0.593. The van der Waals surface area contributed by atoms with Crippen molar-refractivity contribution in [3.8, 4) is 68.5 Å². The van der Waals surface area contributed by atoms with Crippen molar-refractivity contribution in [1.82, 2.24) is 5.01 Å². The summed E-state index contributed by atoms with van der Waals surface area (Å²) in [6, 6.07) is 50.3. The molecule has 4 heteroatoms. The minimum atomic E-state index is -1.85. The van der Waals surface area contributed by atoms with Crippen LogP contribution >= 0.6 is 0 Å². The van der Waals surface area contributed by atoms with Crippen LogP contribution in [0.5, 0.6) is 0 Å². The van der Waals surface area contributed by atoms with Crippen molar-refractivity contribution in [2.75, 3.05) is 13.1 Å². The first-order valence-corrected chi connectivity index (χ1v) is 23.2. The third-order valence-electron chi connectivity index (χ3n) is 11.3. The predicted molar refractivity (Wildman–Crippen MR) is 253 cm³/mol. The molecule has 0 amide bonds. The van der Waals surface area contributed by atoms with Crippen molar-refractivity contribution >= 4 is 13.8 Å². The maximum atomic E-state index is 4.39. The average Bonchev–Trinajstić information content (AvgIpc) is 3.26. The van der Waals surface area contributed by atoms with Gasteiger partial charge in [0.2, 0.25) is 0 Å². The fraction of sp³-hybridized carbons (Fsp3) is 0.236. The molecule has 0 saturated carbocycles. The summed E-state index contributed by atoms with van der Waals surface area (Å²) >= 11 is 0. The van der Waals surface area contributed by atoms with Gasteiger partial charge in [0, 0.05) is 40.9 Å². The highest BCUT2D eigenvalue weighted by Gasteiger charge is 2.41. The third kappa shape index (κ3) is 10.2. The molecule has 0 heterocycles. The van der Waals surface area contributed by atoms with E-state index in [9.17, 15) is 0 Å². The molecule has 6 aromatic rings. The maximum Gasteiger partial charge on any atom is 0.146 e. The van der Waals surface area contributed by atoms with E-state index in [-0.39, 0.29) is 0 Å². The largest absolute Gasteiger partial charge is 0.279 e. The molecule has 59 heavy (non-hydrogen) atoms. The molecule has 0 atom stereocenters. The molecular weight excluding hydrogens is 731 g/mol. The Bertz CT molecular complexity index is 2540. The van der Waals surface area contributed by atoms with Crippen LogP contribution < -0.4 is 0 Å². The van der Waals surface area contributed by atoms with Crippen LogP contribution in [0.2, 0.25) is 16.6 Å². The Labute approximate surface area is 354 Å². The molecule has 0 bridgehead atoms. The highest BCUT2D eigenvalue weighted by atomic mass is 28.3. The van der Waals surface area contributed by atoms with Crippen molar-refractivity contribution in [3.05, 3.63) is 173 Å². The fourth-order valence-corrected chi connectivity index (χ4v) is 13.3. The molecule has 3 nitrogen and oxygen atoms in total. The van der Waals surface area contributed by atoms with Gasteiger partial charge in [0.05, 0.1) is 5.69 Å². The topological polar surface area (TPSA) is 28.0 Å². The molecule has 0 aliphatic heterocycles. The second-order valence-electron chi connectivity index (χ2n) is 15.8. The molecule has 6 aromatic carbocycles. The van der Waals surface area contributed by atoms with Gasteiger partial charge in [-0.2, -0.15) is 0 Å². The lowest BCUT2D eigenvalue weighted by molar-refractivity contribution is 0.301. The van der Waals surface area contributed by atoms with Gasteiger partial charge in [-0.15, -0.1) is 10.7 Å². The fourth-order valence-electron chi connectivity index (χ4n) is 8.06. The van der Waals surface area contributed by atoms with Crippen LogP contribution in [-0.2, 0) is 0 Å². The van der Waals surface area contributed by atoms with Gasteiger partial charge in [-0.1, -0.05) is 167 Å². The molecule has 0 aliphatic rings. The molecule has 0 unspecified atom stereocenters. The molecule has 0 aromatic heterocycles. The van der Waals surface area contributed by atoms with Crippen molar-refractivity contribution in [1.29, 1.82) is 0 Å². The van der Waals surface area contributed by atoms with E-state index >= 15 is 0 Å². The summed E-state index contributed by atoms with van der Waals surface area (Å²) < 4.78 is 0. The molecule has 0 fully saturated rings. The SMILES string of the molecule is CCN(CC)N=Nc1ccc(-c2ccccc2C#Cc2ccc(-c3ccccc3C#Cc3ccc(-c4ccccc4C#C[Si](C(C)C)(C(C)C)C(C)C)cc3)cc2)cc1. The van der Waals surface area contributed by atoms with E-state index in [1.165, 1.54) is 5.56 Å². The smallest absolute Gasteiger partial charge is 0.146 e. The first kappa shape index (κ1) is 42.2. The number of nitrogens with zero attached hydrogens (tertiary/aromatic N) is 3. The minimum Gasteiger partial charge on any atom is -0.279 e. The average molecular weight is 786 g/mol. The van der Waals surface area contributed by atoms with Gasteiger partial charge in [0.15, 0.2) is 0 Å². The van der Waals surface area contributed by atoms with Crippen molar-refractivity contribution in [3.63, 3.8) is 0 Å². The normalized spacial score (nSPS) is 11.2. The zero-order valence-electron chi connectivity index (χ0n) is 35.8. The second-order valence-corrected chi connectivity index (χ2v) is 21.4. The quantitative estimate of drug-likeness (QED) is 0.0588. The summed E-state index contributed by atoms with van der Waals surface area (Å²) in [5.41, 5.74) is 18.2. The predicted octanol–water partition coefficient (Wildman–Crippen LogP) is 14.4. The number of rotatable bonds is 10. The van der Waals surface area contributed by atoms with E-state index in [0.717, 1.165) is 74.4 Å². The monoisotopic (exact) mass is 785 g/mol. The standard InChI is InChI=1S/C55H55N3Si/c1-9-58(10-2)57-56-52-37-35-51(36-38-52)54-21-15-12-18-47(54)30-24-44-25-31-49(32-26-44)53-20-14-11-17-46(53)29-23-45-27-33-50(34-28-45)55-22-16-13-19-48(55)39-40-59(41(3)4,42(5)6)43(7)8/h11-22,25-28,31-38,41-43H,9-10H2,1-8H3. The van der Waals surface area contributed by atoms with E-state index in [0.29, 0.717) is 16.6 Å². The van der Waals surface area contributed by atoms with E-state index in [1.807, 2.05) is 35.3 Å². The van der Waals surface area contributed by atoms with Gasteiger partial charge in [0.1, 0.15) is 8.07 Å². The first-order valence-electron chi connectivity index (χ1n) is 20.9. The molecule has 0 saturated heterocycles. The Balaban J connectivity index is 1.18. The number of hydrogen-bond acceptors (Lipinski definition) is 2. The van der Waals surface area contributed by atoms with Crippen LogP contribution in [0.3, 0.4) is 0 Å². The maximum absolute atomic E-state index is 4.39. The van der Waals surface area contributed by atoms with E-state index < -0.39 is 8.07 Å². The Morgan fingerprint density at radius 1 is 0.441 bits per heavy atom. The Hall–Kier alpha value is -6.38. The van der Waals surface area contributed by atoms with Crippen LogP contribution in [0.25, 0.3) is 33.4 Å². The van der Waals surface area contributed by atoms with Crippen molar-refractivity contribution in [2.24, 2.45) is 10.3 Å². The highest BCUT2D eigenvalue weighted by molar-refractivity contribution is 6.90. The second kappa shape index (κ2) is 19.9. The lowest BCUT2D eigenvalue weighted by Crippen LogP contribution is -2.43. The first-order chi connectivity index (χ1) is 28.6. The van der Waals surface area contributed by atoms with E-state index in [1.54, 1.807) is 0 Å². The zero-order chi connectivity index (χ0) is 41.8. The van der Waals surface area contributed by atoms with Gasteiger partial charge in [-0.3, -0.25) is 5.01 Å². The molecule has 294 valence electrons. The van der Waals surface area contributed by atoms with Gasteiger partial charge in [-0.25, -0.2) is 0 Å². The van der Waals surface area contributed by atoms with Crippen molar-refractivity contribution in [2.45, 2.75) is 72.0 Å². The summed E-state index contributed by atoms with van der Waals surface area (Å²) in [5, 5.41) is 10.6. The van der Waals surface area contributed by atoms with Gasteiger partial charge in [-0.05, 0) is 118 Å². The molecular formula is C55H55N3Si. The van der Waals surface area contributed by atoms with Gasteiger partial charge in [0.25, 0.3) is 0 Å². The summed E-state index contributed by atoms with van der Waals surface area (Å²) in [5.74, 6) is 17.4. The Kier molecular flexibility index (Phi) is 14.2. The summed E-state index contributed by atoms with van der Waals surface area (Å²) in [4.78, 5) is 0. The summed E-state index contributed by atoms with van der Waals surface area (Å²) in [7, 11) is -1.85. The third-order valence-corrected chi connectivity index (χ3v) is 17.6. The lowest BCUT2D eigenvalue weighted by Gasteiger charge is -2.38. The molecule has 0 radical (unpaired) electrons. The molecule has 0 spiro atoms. The molecule has 0 aliphatic carbocycles. The van der Waals surface area contributed by atoms with Gasteiger partial charge >= 0.3 is 0 Å². The van der Waals surface area contributed by atoms with Crippen LogP contribution in [0.4, 0.5) is 5.69 Å². The van der Waals surface area contributed by atoms with Gasteiger partial charge < -0.3 is 0 Å². The zero-order valence-corrected chi connectivity index (χ0v) is 36.8. The highest BCUT2D eigenvalue weighted by Crippen LogP contribution is 2.41. The Morgan fingerprint density at radius 2 is 0.797 bits per heavy atom. The molecule has 6 rings (SSSR count). The Morgan fingerprint density at radius 3 is 1.17 bits per heavy atom. The number of benzene rings is 6. The van der Waals surface area contributed by atoms with E-state index in [4.69, 9.17) is 0 Å². The molecule has 0 N–H and O–H groups in total. The van der Waals surface area contributed by atoms with Crippen LogP contribution in [-0.4, -0.2) is 26.2 Å². The van der Waals surface area contributed by atoms with Crippen LogP contribution in [0.1, 0.15) is 83.2 Å².